The van der Waals surface area contributed by atoms with Crippen LogP contribution in [-0.2, 0) is 33.8 Å². The van der Waals surface area contributed by atoms with E-state index in [-0.39, 0.29) is 36.1 Å². The molecule has 30 heavy (non-hydrogen) atoms. The van der Waals surface area contributed by atoms with Crippen molar-refractivity contribution >= 4 is 34.9 Å². The minimum atomic E-state index is -0.514. The Morgan fingerprint density at radius 3 is 2.73 bits per heavy atom. The summed E-state index contributed by atoms with van der Waals surface area (Å²) in [5.74, 6) is -0.301. The van der Waals surface area contributed by atoms with Gasteiger partial charge in [-0.05, 0) is 42.2 Å². The van der Waals surface area contributed by atoms with Gasteiger partial charge in [-0.15, -0.1) is 0 Å². The number of ketones is 3. The van der Waals surface area contributed by atoms with Crippen LogP contribution in [0.3, 0.4) is 0 Å². The molecular weight excluding hydrogens is 404 g/mol. The summed E-state index contributed by atoms with van der Waals surface area (Å²) in [5, 5.41) is 0.537. The van der Waals surface area contributed by atoms with Gasteiger partial charge in [-0.1, -0.05) is 23.7 Å². The van der Waals surface area contributed by atoms with Gasteiger partial charge in [0, 0.05) is 43.3 Å². The van der Waals surface area contributed by atoms with E-state index in [0.29, 0.717) is 48.5 Å². The number of pyridine rings is 1. The molecule has 7 heteroatoms. The second kappa shape index (κ2) is 8.48. The molecule has 6 nitrogen and oxygen atoms in total. The van der Waals surface area contributed by atoms with Crippen LogP contribution in [-0.4, -0.2) is 39.2 Å². The highest BCUT2D eigenvalue weighted by molar-refractivity contribution is 6.30. The Morgan fingerprint density at radius 2 is 2.00 bits per heavy atom. The minimum Gasteiger partial charge on any atom is -0.324 e. The highest BCUT2D eigenvalue weighted by atomic mass is 35.5. The number of fused-ring (bicyclic) bond motifs is 1. The molecule has 0 N–H and O–H groups in total. The van der Waals surface area contributed by atoms with E-state index in [4.69, 9.17) is 11.6 Å². The van der Waals surface area contributed by atoms with Gasteiger partial charge in [-0.2, -0.15) is 0 Å². The third-order valence-corrected chi connectivity index (χ3v) is 5.90. The fourth-order valence-corrected chi connectivity index (χ4v) is 4.19. The first-order valence-corrected chi connectivity index (χ1v) is 10.4. The maximum atomic E-state index is 12.7. The monoisotopic (exact) mass is 424 g/mol. The Hall–Kier alpha value is -2.86. The predicted molar refractivity (Wildman–Crippen MR) is 110 cm³/mol. The lowest BCUT2D eigenvalue weighted by atomic mass is 9.92. The zero-order chi connectivity index (χ0) is 21.3. The first-order valence-electron chi connectivity index (χ1n) is 10.00. The topological polar surface area (TPSA) is 84.4 Å². The lowest BCUT2D eigenvalue weighted by Crippen LogP contribution is -2.44. The molecule has 1 fully saturated rings. The molecule has 1 aromatic carbocycles. The number of hydrogen-bond donors (Lipinski definition) is 0. The van der Waals surface area contributed by atoms with Crippen LogP contribution in [0.2, 0.25) is 5.02 Å². The quantitative estimate of drug-likeness (QED) is 0.665. The summed E-state index contributed by atoms with van der Waals surface area (Å²) in [6, 6.07) is 8.53. The third-order valence-electron chi connectivity index (χ3n) is 5.68. The smallest absolute Gasteiger partial charge is 0.255 e. The maximum Gasteiger partial charge on any atom is 0.255 e. The molecule has 2 aliphatic rings. The van der Waals surface area contributed by atoms with E-state index in [1.54, 1.807) is 23.1 Å². The van der Waals surface area contributed by atoms with Crippen molar-refractivity contribution in [2.24, 2.45) is 0 Å². The van der Waals surface area contributed by atoms with E-state index in [9.17, 15) is 19.2 Å². The first-order chi connectivity index (χ1) is 14.4. The standard InChI is InChI=1S/C23H21ClN2O4/c24-16-3-4-17(25-12-16)10-18(27)5-1-14-2-7-20-15(9-14)13-26(23(20)30)21-8-6-19(28)11-22(21)29/h2-4,7,9,12,21H,1,5-6,8,10-11,13H2. The molecule has 2 aromatic rings. The van der Waals surface area contributed by atoms with Gasteiger partial charge in [0.2, 0.25) is 0 Å². The molecule has 154 valence electrons. The minimum absolute atomic E-state index is 0.0545. The van der Waals surface area contributed by atoms with Gasteiger partial charge in [0.1, 0.15) is 11.6 Å². The Labute approximate surface area is 179 Å². The first kappa shape index (κ1) is 20.4. The van der Waals surface area contributed by atoms with Crippen LogP contribution in [0.5, 0.6) is 0 Å². The summed E-state index contributed by atoms with van der Waals surface area (Å²) in [6.07, 6.45) is 3.40. The zero-order valence-corrected chi connectivity index (χ0v) is 17.2. The normalized spacial score (nSPS) is 18.6. The van der Waals surface area contributed by atoms with Crippen molar-refractivity contribution in [2.75, 3.05) is 0 Å². The number of halogens is 1. The molecule has 0 bridgehead atoms. The van der Waals surface area contributed by atoms with E-state index in [2.05, 4.69) is 4.98 Å². The molecule has 0 radical (unpaired) electrons. The van der Waals surface area contributed by atoms with Crippen LogP contribution in [0.25, 0.3) is 0 Å². The molecule has 0 saturated heterocycles. The average molecular weight is 425 g/mol. The van der Waals surface area contributed by atoms with Gasteiger partial charge in [0.05, 0.1) is 17.5 Å². The van der Waals surface area contributed by atoms with Crippen LogP contribution in [0, 0.1) is 0 Å². The highest BCUT2D eigenvalue weighted by Gasteiger charge is 2.38. The van der Waals surface area contributed by atoms with Gasteiger partial charge >= 0.3 is 0 Å². The maximum absolute atomic E-state index is 12.7. The molecule has 1 aliphatic heterocycles. The van der Waals surface area contributed by atoms with Crippen LogP contribution < -0.4 is 0 Å². The van der Waals surface area contributed by atoms with E-state index in [0.717, 1.165) is 11.1 Å². The molecule has 0 spiro atoms. The van der Waals surface area contributed by atoms with Crippen molar-refractivity contribution in [3.05, 3.63) is 63.9 Å². The zero-order valence-electron chi connectivity index (χ0n) is 16.4. The molecule has 1 saturated carbocycles. The largest absolute Gasteiger partial charge is 0.324 e. The molecule has 4 rings (SSSR count). The number of nitrogens with zero attached hydrogens (tertiary/aromatic N) is 2. The van der Waals surface area contributed by atoms with Crippen molar-refractivity contribution in [3.63, 3.8) is 0 Å². The van der Waals surface area contributed by atoms with Gasteiger partial charge in [-0.25, -0.2) is 0 Å². The van der Waals surface area contributed by atoms with E-state index >= 15 is 0 Å². The SMILES string of the molecule is O=C1CCC(N2Cc3cc(CCC(=O)Cc4ccc(Cl)cn4)ccc3C2=O)C(=O)C1. The Morgan fingerprint density at radius 1 is 1.17 bits per heavy atom. The number of aromatic nitrogens is 1. The van der Waals surface area contributed by atoms with Gasteiger partial charge < -0.3 is 4.90 Å². The average Bonchev–Trinajstić information content (AvgIpc) is 3.04. The summed E-state index contributed by atoms with van der Waals surface area (Å²) in [4.78, 5) is 54.5. The van der Waals surface area contributed by atoms with E-state index in [1.807, 2.05) is 12.1 Å². The fraction of sp³-hybridized carbons (Fsp3) is 0.348. The van der Waals surface area contributed by atoms with Gasteiger partial charge in [0.15, 0.2) is 5.78 Å². The van der Waals surface area contributed by atoms with E-state index < -0.39 is 6.04 Å². The molecule has 1 atom stereocenters. The molecule has 1 aromatic heterocycles. The lowest BCUT2D eigenvalue weighted by Gasteiger charge is -2.29. The number of Topliss-reactive ketones (excluding diaryl/α,β-unsaturated/α-hetero) is 3. The van der Waals surface area contributed by atoms with Crippen LogP contribution in [0.1, 0.15) is 52.9 Å². The van der Waals surface area contributed by atoms with Crippen molar-refractivity contribution in [1.29, 1.82) is 0 Å². The lowest BCUT2D eigenvalue weighted by molar-refractivity contribution is -0.133. The van der Waals surface area contributed by atoms with Crippen molar-refractivity contribution in [2.45, 2.75) is 51.1 Å². The van der Waals surface area contributed by atoms with Crippen molar-refractivity contribution < 1.29 is 19.2 Å². The number of carbonyl (C=O) groups is 4. The predicted octanol–water partition coefficient (Wildman–Crippen LogP) is 3.13. The number of carbonyl (C=O) groups excluding carboxylic acids is 4. The third kappa shape index (κ3) is 4.33. The summed E-state index contributed by atoms with van der Waals surface area (Å²) >= 11 is 5.81. The molecular formula is C23H21ClN2O4. The molecule has 1 unspecified atom stereocenters. The number of hydrogen-bond acceptors (Lipinski definition) is 5. The Balaban J connectivity index is 1.38. The van der Waals surface area contributed by atoms with Gasteiger partial charge in [-0.3, -0.25) is 24.2 Å². The molecule has 1 aliphatic carbocycles. The number of amides is 1. The Bertz CT molecular complexity index is 1030. The van der Waals surface area contributed by atoms with Crippen LogP contribution >= 0.6 is 11.6 Å². The second-order valence-corrected chi connectivity index (χ2v) is 8.28. The van der Waals surface area contributed by atoms with Crippen LogP contribution in [0.4, 0.5) is 0 Å². The van der Waals surface area contributed by atoms with Gasteiger partial charge in [0.25, 0.3) is 5.91 Å². The fourth-order valence-electron chi connectivity index (χ4n) is 4.08. The number of rotatable bonds is 6. The highest BCUT2D eigenvalue weighted by Crippen LogP contribution is 2.29. The molecule has 2 heterocycles. The summed E-state index contributed by atoms with van der Waals surface area (Å²) in [5.41, 5.74) is 3.13. The number of benzene rings is 1. The van der Waals surface area contributed by atoms with Crippen molar-refractivity contribution in [3.8, 4) is 0 Å². The van der Waals surface area contributed by atoms with E-state index in [1.165, 1.54) is 6.20 Å². The van der Waals surface area contributed by atoms with Crippen molar-refractivity contribution in [1.82, 2.24) is 9.88 Å². The Kier molecular flexibility index (Phi) is 5.77. The summed E-state index contributed by atoms with van der Waals surface area (Å²) < 4.78 is 0. The second-order valence-electron chi connectivity index (χ2n) is 7.84. The van der Waals surface area contributed by atoms with Crippen LogP contribution in [0.15, 0.2) is 36.5 Å². The summed E-state index contributed by atoms with van der Waals surface area (Å²) in [7, 11) is 0. The molecule has 1 amide bonds. The number of aryl methyl sites for hydroxylation is 1. The summed E-state index contributed by atoms with van der Waals surface area (Å²) in [6.45, 7) is 0.370.